The van der Waals surface area contributed by atoms with Gasteiger partial charge in [0.25, 0.3) is 0 Å². The van der Waals surface area contributed by atoms with Crippen molar-refractivity contribution in [2.75, 3.05) is 11.9 Å². The SMILES string of the molecule is Clc1cn(CCCNc2ccccc2)c2ccccc12. The van der Waals surface area contributed by atoms with Crippen LogP contribution in [-0.4, -0.2) is 11.1 Å². The maximum Gasteiger partial charge on any atom is 0.0661 e. The Bertz CT molecular complexity index is 689. The molecule has 0 unspecified atom stereocenters. The first-order valence-corrected chi connectivity index (χ1v) is 7.25. The molecule has 0 amide bonds. The molecular formula is C17H17ClN2. The zero-order chi connectivity index (χ0) is 13.8. The lowest BCUT2D eigenvalue weighted by molar-refractivity contribution is 0.683. The fourth-order valence-electron chi connectivity index (χ4n) is 2.43. The van der Waals surface area contributed by atoms with Gasteiger partial charge in [-0.15, -0.1) is 0 Å². The van der Waals surface area contributed by atoms with Crippen LogP contribution in [0.25, 0.3) is 10.9 Å². The van der Waals surface area contributed by atoms with Crippen molar-refractivity contribution >= 4 is 28.2 Å². The first-order valence-electron chi connectivity index (χ1n) is 6.87. The highest BCUT2D eigenvalue weighted by atomic mass is 35.5. The predicted octanol–water partition coefficient (Wildman–Crippen LogP) is 4.80. The monoisotopic (exact) mass is 284 g/mol. The Morgan fingerprint density at radius 3 is 2.55 bits per heavy atom. The molecule has 2 nitrogen and oxygen atoms in total. The molecule has 3 rings (SSSR count). The molecule has 3 aromatic rings. The maximum absolute atomic E-state index is 6.25. The summed E-state index contributed by atoms with van der Waals surface area (Å²) in [7, 11) is 0. The Hall–Kier alpha value is -1.93. The molecule has 0 aliphatic heterocycles. The van der Waals surface area contributed by atoms with Crippen LogP contribution in [0.3, 0.4) is 0 Å². The topological polar surface area (TPSA) is 17.0 Å². The van der Waals surface area contributed by atoms with Crippen LogP contribution in [0.2, 0.25) is 5.02 Å². The van der Waals surface area contributed by atoms with E-state index in [1.54, 1.807) is 0 Å². The molecule has 1 aromatic heterocycles. The summed E-state index contributed by atoms with van der Waals surface area (Å²) in [6, 6.07) is 18.5. The number of benzene rings is 2. The van der Waals surface area contributed by atoms with E-state index >= 15 is 0 Å². The van der Waals surface area contributed by atoms with Crippen molar-refractivity contribution in [2.45, 2.75) is 13.0 Å². The highest BCUT2D eigenvalue weighted by Gasteiger charge is 2.05. The normalized spacial score (nSPS) is 10.8. The number of hydrogen-bond acceptors (Lipinski definition) is 1. The summed E-state index contributed by atoms with van der Waals surface area (Å²) in [5, 5.41) is 5.38. The standard InChI is InChI=1S/C17H17ClN2/c18-16-13-20(17-10-5-4-9-15(16)17)12-6-11-19-14-7-2-1-3-8-14/h1-5,7-10,13,19H,6,11-12H2. The van der Waals surface area contributed by atoms with Crippen LogP contribution >= 0.6 is 11.6 Å². The lowest BCUT2D eigenvalue weighted by atomic mass is 10.2. The van der Waals surface area contributed by atoms with Crippen molar-refractivity contribution in [2.24, 2.45) is 0 Å². The minimum atomic E-state index is 0.830. The van der Waals surface area contributed by atoms with Crippen molar-refractivity contribution in [3.63, 3.8) is 0 Å². The summed E-state index contributed by atoms with van der Waals surface area (Å²) in [4.78, 5) is 0. The van der Waals surface area contributed by atoms with Crippen molar-refractivity contribution in [3.8, 4) is 0 Å². The zero-order valence-electron chi connectivity index (χ0n) is 11.2. The first kappa shape index (κ1) is 13.1. The van der Waals surface area contributed by atoms with Crippen LogP contribution < -0.4 is 5.32 Å². The van der Waals surface area contributed by atoms with E-state index in [2.05, 4.69) is 40.2 Å². The van der Waals surface area contributed by atoms with Crippen molar-refractivity contribution < 1.29 is 0 Å². The van der Waals surface area contributed by atoms with E-state index in [-0.39, 0.29) is 0 Å². The molecule has 0 bridgehead atoms. The number of hydrogen-bond donors (Lipinski definition) is 1. The van der Waals surface area contributed by atoms with Crippen molar-refractivity contribution in [3.05, 3.63) is 65.8 Å². The van der Waals surface area contributed by atoms with Gasteiger partial charge in [0.05, 0.1) is 5.02 Å². The number of fused-ring (bicyclic) bond motifs is 1. The lowest BCUT2D eigenvalue weighted by Crippen LogP contribution is -2.05. The van der Waals surface area contributed by atoms with Gasteiger partial charge in [0.2, 0.25) is 0 Å². The van der Waals surface area contributed by atoms with E-state index < -0.39 is 0 Å². The molecule has 20 heavy (non-hydrogen) atoms. The molecule has 0 atom stereocenters. The summed E-state index contributed by atoms with van der Waals surface area (Å²) in [6.07, 6.45) is 3.08. The first-order chi connectivity index (χ1) is 9.84. The average molecular weight is 285 g/mol. The van der Waals surface area contributed by atoms with Gasteiger partial charge >= 0.3 is 0 Å². The fraction of sp³-hybridized carbons (Fsp3) is 0.176. The molecule has 2 aromatic carbocycles. The molecule has 1 N–H and O–H groups in total. The molecule has 1 heterocycles. The molecule has 0 spiro atoms. The van der Waals surface area contributed by atoms with Crippen LogP contribution in [0.4, 0.5) is 5.69 Å². The number of para-hydroxylation sites is 2. The van der Waals surface area contributed by atoms with E-state index in [9.17, 15) is 0 Å². The van der Waals surface area contributed by atoms with Crippen molar-refractivity contribution in [1.82, 2.24) is 4.57 Å². The summed E-state index contributed by atoms with van der Waals surface area (Å²) in [6.45, 7) is 1.92. The molecule has 0 aliphatic carbocycles. The van der Waals surface area contributed by atoms with Gasteiger partial charge in [-0.1, -0.05) is 48.0 Å². The number of aromatic nitrogens is 1. The van der Waals surface area contributed by atoms with Crippen LogP contribution in [0, 0.1) is 0 Å². The lowest BCUT2D eigenvalue weighted by Gasteiger charge is -2.08. The largest absolute Gasteiger partial charge is 0.385 e. The third-order valence-electron chi connectivity index (χ3n) is 3.42. The average Bonchev–Trinajstić information content (AvgIpc) is 2.82. The Labute approximate surface area is 124 Å². The smallest absolute Gasteiger partial charge is 0.0661 e. The van der Waals surface area contributed by atoms with Crippen LogP contribution in [0.1, 0.15) is 6.42 Å². The van der Waals surface area contributed by atoms with E-state index in [4.69, 9.17) is 11.6 Å². The number of nitrogens with one attached hydrogen (secondary N) is 1. The molecular weight excluding hydrogens is 268 g/mol. The number of halogens is 1. The third kappa shape index (κ3) is 2.81. The number of rotatable bonds is 5. The predicted molar refractivity (Wildman–Crippen MR) is 86.5 cm³/mol. The van der Waals surface area contributed by atoms with Gasteiger partial charge in [-0.25, -0.2) is 0 Å². The summed E-state index contributed by atoms with van der Waals surface area (Å²) in [5.41, 5.74) is 2.38. The van der Waals surface area contributed by atoms with Gasteiger partial charge < -0.3 is 9.88 Å². The van der Waals surface area contributed by atoms with Crippen LogP contribution in [0.15, 0.2) is 60.8 Å². The van der Waals surface area contributed by atoms with Gasteiger partial charge in [0.1, 0.15) is 0 Å². The Morgan fingerprint density at radius 1 is 0.950 bits per heavy atom. The highest BCUT2D eigenvalue weighted by Crippen LogP contribution is 2.25. The second kappa shape index (κ2) is 6.02. The van der Waals surface area contributed by atoms with Crippen LogP contribution in [-0.2, 0) is 6.54 Å². The number of aryl methyl sites for hydroxylation is 1. The quantitative estimate of drug-likeness (QED) is 0.666. The van der Waals surface area contributed by atoms with E-state index in [0.29, 0.717) is 0 Å². The second-order valence-electron chi connectivity index (χ2n) is 4.83. The molecule has 102 valence electrons. The van der Waals surface area contributed by atoms with Crippen LogP contribution in [0.5, 0.6) is 0 Å². The second-order valence-corrected chi connectivity index (χ2v) is 5.24. The molecule has 0 aliphatic rings. The van der Waals surface area contributed by atoms with Gasteiger partial charge in [-0.3, -0.25) is 0 Å². The molecule has 0 fully saturated rings. The summed E-state index contributed by atoms with van der Waals surface area (Å²) >= 11 is 6.25. The minimum absolute atomic E-state index is 0.830. The van der Waals surface area contributed by atoms with Crippen molar-refractivity contribution in [1.29, 1.82) is 0 Å². The summed E-state index contributed by atoms with van der Waals surface area (Å²) < 4.78 is 2.23. The Kier molecular flexibility index (Phi) is 3.93. The van der Waals surface area contributed by atoms with Gasteiger partial charge in [0, 0.05) is 35.9 Å². The molecule has 0 saturated heterocycles. The molecule has 0 radical (unpaired) electrons. The summed E-state index contributed by atoms with van der Waals surface area (Å²) in [5.74, 6) is 0. The van der Waals surface area contributed by atoms with E-state index in [1.165, 1.54) is 11.2 Å². The Balaban J connectivity index is 1.60. The number of anilines is 1. The number of nitrogens with zero attached hydrogens (tertiary/aromatic N) is 1. The zero-order valence-corrected chi connectivity index (χ0v) is 12.0. The maximum atomic E-state index is 6.25. The van der Waals surface area contributed by atoms with Gasteiger partial charge in [-0.2, -0.15) is 0 Å². The minimum Gasteiger partial charge on any atom is -0.385 e. The third-order valence-corrected chi connectivity index (χ3v) is 3.72. The molecule has 0 saturated carbocycles. The van der Waals surface area contributed by atoms with E-state index in [0.717, 1.165) is 29.9 Å². The fourth-order valence-corrected chi connectivity index (χ4v) is 2.70. The molecule has 3 heteroatoms. The van der Waals surface area contributed by atoms with Gasteiger partial charge in [-0.05, 0) is 24.6 Å². The van der Waals surface area contributed by atoms with E-state index in [1.807, 2.05) is 30.5 Å². The Morgan fingerprint density at radius 2 is 1.70 bits per heavy atom. The van der Waals surface area contributed by atoms with Gasteiger partial charge in [0.15, 0.2) is 0 Å². The highest BCUT2D eigenvalue weighted by molar-refractivity contribution is 6.35.